The van der Waals surface area contributed by atoms with Crippen molar-refractivity contribution in [3.05, 3.63) is 29.8 Å². The van der Waals surface area contributed by atoms with Crippen LogP contribution in [0.2, 0.25) is 0 Å². The van der Waals surface area contributed by atoms with Crippen LogP contribution in [0.15, 0.2) is 29.2 Å². The van der Waals surface area contributed by atoms with E-state index in [4.69, 9.17) is 9.47 Å². The van der Waals surface area contributed by atoms with Gasteiger partial charge in [0.25, 0.3) is 5.91 Å². The Balaban J connectivity index is 2.04. The number of morpholine rings is 1. The monoisotopic (exact) mass is 412 g/mol. The van der Waals surface area contributed by atoms with Crippen molar-refractivity contribution in [3.8, 4) is 0 Å². The maximum atomic E-state index is 12.9. The van der Waals surface area contributed by atoms with Crippen LogP contribution in [0.1, 0.15) is 44.0 Å². The maximum Gasteiger partial charge on any atom is 0.338 e. The fraction of sp³-hybridized carbons (Fsp3) is 0.579. The number of hydrogen-bond acceptors (Lipinski definition) is 6. The van der Waals surface area contributed by atoms with Crippen molar-refractivity contribution in [2.24, 2.45) is 0 Å². The van der Waals surface area contributed by atoms with Gasteiger partial charge in [-0.25, -0.2) is 13.2 Å². The zero-order valence-corrected chi connectivity index (χ0v) is 17.3. The summed E-state index contributed by atoms with van der Waals surface area (Å²) in [5.74, 6) is -1.13. The van der Waals surface area contributed by atoms with E-state index in [-0.39, 0.29) is 41.7 Å². The largest absolute Gasteiger partial charge is 0.452 e. The predicted molar refractivity (Wildman–Crippen MR) is 103 cm³/mol. The number of hydrogen-bond donors (Lipinski definition) is 1. The molecule has 9 heteroatoms. The molecule has 1 heterocycles. The molecule has 1 aromatic rings. The molecule has 1 N–H and O–H groups in total. The summed E-state index contributed by atoms with van der Waals surface area (Å²) in [6.45, 7) is 6.26. The van der Waals surface area contributed by atoms with Crippen LogP contribution < -0.4 is 5.32 Å². The number of ether oxygens (including phenoxy) is 2. The van der Waals surface area contributed by atoms with E-state index in [0.29, 0.717) is 6.54 Å². The van der Waals surface area contributed by atoms with Crippen molar-refractivity contribution in [3.63, 3.8) is 0 Å². The minimum absolute atomic E-state index is 0.00986. The first kappa shape index (κ1) is 22.3. The molecule has 0 saturated carbocycles. The molecule has 2 atom stereocenters. The fourth-order valence-electron chi connectivity index (χ4n) is 2.93. The van der Waals surface area contributed by atoms with E-state index in [2.05, 4.69) is 5.32 Å². The van der Waals surface area contributed by atoms with Crippen LogP contribution in [0.4, 0.5) is 0 Å². The van der Waals surface area contributed by atoms with Crippen molar-refractivity contribution in [2.75, 3.05) is 26.2 Å². The molecule has 0 radical (unpaired) electrons. The summed E-state index contributed by atoms with van der Waals surface area (Å²) >= 11 is 0. The molecule has 1 saturated heterocycles. The molecule has 156 valence electrons. The molecule has 1 fully saturated rings. The van der Waals surface area contributed by atoms with Gasteiger partial charge in [-0.1, -0.05) is 19.4 Å². The SMILES string of the molecule is CCCCNC(=O)COC(=O)c1cccc(S(=O)(=O)N2C[C@@H](C)O[C@H](C)C2)c1. The highest BCUT2D eigenvalue weighted by molar-refractivity contribution is 7.89. The van der Waals surface area contributed by atoms with Gasteiger partial charge in [0, 0.05) is 19.6 Å². The summed E-state index contributed by atoms with van der Waals surface area (Å²) in [5, 5.41) is 2.65. The number of esters is 1. The van der Waals surface area contributed by atoms with Gasteiger partial charge in [0.15, 0.2) is 6.61 Å². The molecular weight excluding hydrogens is 384 g/mol. The lowest BCUT2D eigenvalue weighted by Gasteiger charge is -2.34. The van der Waals surface area contributed by atoms with Crippen molar-refractivity contribution >= 4 is 21.9 Å². The third-order valence-corrected chi connectivity index (χ3v) is 6.11. The Morgan fingerprint density at radius 2 is 1.93 bits per heavy atom. The Kier molecular flexibility index (Phi) is 7.97. The minimum Gasteiger partial charge on any atom is -0.452 e. The van der Waals surface area contributed by atoms with Crippen molar-refractivity contribution in [1.82, 2.24) is 9.62 Å². The van der Waals surface area contributed by atoms with Crippen LogP contribution in [-0.4, -0.2) is 63.0 Å². The topological polar surface area (TPSA) is 102 Å². The molecule has 1 aromatic carbocycles. The van der Waals surface area contributed by atoms with E-state index in [1.807, 2.05) is 20.8 Å². The molecule has 0 aliphatic carbocycles. The van der Waals surface area contributed by atoms with Crippen LogP contribution in [0.3, 0.4) is 0 Å². The summed E-state index contributed by atoms with van der Waals surface area (Å²) in [7, 11) is -3.76. The van der Waals surface area contributed by atoms with Crippen LogP contribution in [0.5, 0.6) is 0 Å². The highest BCUT2D eigenvalue weighted by atomic mass is 32.2. The van der Waals surface area contributed by atoms with Gasteiger partial charge in [-0.15, -0.1) is 0 Å². The average molecular weight is 413 g/mol. The Morgan fingerprint density at radius 3 is 2.57 bits per heavy atom. The van der Waals surface area contributed by atoms with Gasteiger partial charge in [-0.3, -0.25) is 4.79 Å². The Morgan fingerprint density at radius 1 is 1.25 bits per heavy atom. The van der Waals surface area contributed by atoms with Crippen LogP contribution >= 0.6 is 0 Å². The molecule has 0 aromatic heterocycles. The second-order valence-electron chi connectivity index (χ2n) is 6.89. The van der Waals surface area contributed by atoms with E-state index in [1.165, 1.54) is 28.6 Å². The van der Waals surface area contributed by atoms with Gasteiger partial charge in [-0.05, 0) is 38.5 Å². The maximum absolute atomic E-state index is 12.9. The molecule has 1 aliphatic rings. The summed E-state index contributed by atoms with van der Waals surface area (Å²) in [4.78, 5) is 23.9. The van der Waals surface area contributed by atoms with Gasteiger partial charge in [0.1, 0.15) is 0 Å². The molecule has 8 nitrogen and oxygen atoms in total. The van der Waals surface area contributed by atoms with Crippen LogP contribution in [0.25, 0.3) is 0 Å². The Bertz CT molecular complexity index is 785. The number of nitrogens with zero attached hydrogens (tertiary/aromatic N) is 1. The van der Waals surface area contributed by atoms with Gasteiger partial charge in [-0.2, -0.15) is 4.31 Å². The first-order chi connectivity index (χ1) is 13.2. The Labute approximate surface area is 166 Å². The van der Waals surface area contributed by atoms with Gasteiger partial charge in [0.05, 0.1) is 22.7 Å². The molecule has 0 bridgehead atoms. The van der Waals surface area contributed by atoms with E-state index in [0.717, 1.165) is 12.8 Å². The number of carbonyl (C=O) groups is 2. The first-order valence-electron chi connectivity index (χ1n) is 9.43. The number of nitrogens with one attached hydrogen (secondary N) is 1. The lowest BCUT2D eigenvalue weighted by molar-refractivity contribution is -0.124. The Hall–Kier alpha value is -1.97. The zero-order chi connectivity index (χ0) is 20.7. The third-order valence-electron chi connectivity index (χ3n) is 4.28. The number of sulfonamides is 1. The molecule has 2 rings (SSSR count). The number of amides is 1. The summed E-state index contributed by atoms with van der Waals surface area (Å²) in [5.41, 5.74) is 0.0804. The highest BCUT2D eigenvalue weighted by Crippen LogP contribution is 2.22. The van der Waals surface area contributed by atoms with Gasteiger partial charge >= 0.3 is 5.97 Å². The summed E-state index contributed by atoms with van der Waals surface area (Å²) in [6.07, 6.45) is 1.37. The highest BCUT2D eigenvalue weighted by Gasteiger charge is 2.32. The number of rotatable bonds is 8. The van der Waals surface area contributed by atoms with E-state index >= 15 is 0 Å². The number of unbranched alkanes of at least 4 members (excludes halogenated alkanes) is 1. The van der Waals surface area contributed by atoms with Gasteiger partial charge in [0.2, 0.25) is 10.0 Å². The minimum atomic E-state index is -3.76. The van der Waals surface area contributed by atoms with Gasteiger partial charge < -0.3 is 14.8 Å². The molecule has 1 aliphatic heterocycles. The van der Waals surface area contributed by atoms with Crippen LogP contribution in [0, 0.1) is 0 Å². The number of benzene rings is 1. The van der Waals surface area contributed by atoms with Crippen molar-refractivity contribution in [1.29, 1.82) is 0 Å². The van der Waals surface area contributed by atoms with E-state index in [9.17, 15) is 18.0 Å². The average Bonchev–Trinajstić information content (AvgIpc) is 2.65. The third kappa shape index (κ3) is 6.02. The molecular formula is C19H28N2O6S. The number of carbonyl (C=O) groups excluding carboxylic acids is 2. The summed E-state index contributed by atoms with van der Waals surface area (Å²) < 4.78 is 37.8. The molecule has 1 amide bonds. The standard InChI is InChI=1S/C19H28N2O6S/c1-4-5-9-20-18(22)13-26-19(23)16-7-6-8-17(10-16)28(24,25)21-11-14(2)27-15(3)12-21/h6-8,10,14-15H,4-5,9,11-13H2,1-3H3,(H,20,22)/t14-,15-/m1/s1. The van der Waals surface area contributed by atoms with E-state index < -0.39 is 22.6 Å². The van der Waals surface area contributed by atoms with Crippen LogP contribution in [-0.2, 0) is 24.3 Å². The zero-order valence-electron chi connectivity index (χ0n) is 16.5. The lowest BCUT2D eigenvalue weighted by atomic mass is 10.2. The summed E-state index contributed by atoms with van der Waals surface area (Å²) in [6, 6.07) is 5.66. The second-order valence-corrected chi connectivity index (χ2v) is 8.82. The predicted octanol–water partition coefficient (Wildman–Crippen LogP) is 1.56. The first-order valence-corrected chi connectivity index (χ1v) is 10.9. The lowest BCUT2D eigenvalue weighted by Crippen LogP contribution is -2.48. The fourth-order valence-corrected chi connectivity index (χ4v) is 4.57. The van der Waals surface area contributed by atoms with Crippen molar-refractivity contribution < 1.29 is 27.5 Å². The normalized spacial score (nSPS) is 20.5. The molecule has 28 heavy (non-hydrogen) atoms. The van der Waals surface area contributed by atoms with Crippen molar-refractivity contribution in [2.45, 2.75) is 50.7 Å². The quantitative estimate of drug-likeness (QED) is 0.514. The smallest absolute Gasteiger partial charge is 0.338 e. The second kappa shape index (κ2) is 9.99. The molecule has 0 spiro atoms. The van der Waals surface area contributed by atoms with E-state index in [1.54, 1.807) is 0 Å². The molecule has 0 unspecified atom stereocenters.